The maximum absolute atomic E-state index is 5.99. The van der Waals surface area contributed by atoms with Gasteiger partial charge in [-0.3, -0.25) is 0 Å². The van der Waals surface area contributed by atoms with E-state index in [1.807, 2.05) is 24.3 Å². The molecule has 1 saturated carbocycles. The third kappa shape index (κ3) is 3.57. The molecule has 0 radical (unpaired) electrons. The maximum Gasteiger partial charge on any atom is 0.127 e. The van der Waals surface area contributed by atoms with E-state index in [4.69, 9.17) is 9.47 Å². The van der Waals surface area contributed by atoms with Crippen LogP contribution < -0.4 is 9.47 Å². The lowest BCUT2D eigenvalue weighted by Crippen LogP contribution is -2.23. The number of ether oxygens (including phenoxy) is 2. The fraction of sp³-hybridized carbons (Fsp3) is 0.280. The van der Waals surface area contributed by atoms with Crippen molar-refractivity contribution >= 4 is 0 Å². The number of benzene rings is 3. The first kappa shape index (κ1) is 17.7. The molecule has 0 bridgehead atoms. The Balaban J connectivity index is 1.58. The highest BCUT2D eigenvalue weighted by Gasteiger charge is 2.37. The highest BCUT2D eigenvalue weighted by molar-refractivity contribution is 5.44. The molecule has 0 N–H and O–H groups in total. The molecule has 2 nitrogen and oxygen atoms in total. The molecule has 2 heteroatoms. The molecule has 0 saturated heterocycles. The van der Waals surface area contributed by atoms with Gasteiger partial charge in [0, 0.05) is 5.41 Å². The van der Waals surface area contributed by atoms with Crippen molar-refractivity contribution in [1.29, 1.82) is 0 Å². The van der Waals surface area contributed by atoms with E-state index in [-0.39, 0.29) is 5.41 Å². The number of hydrogen-bond acceptors (Lipinski definition) is 2. The number of rotatable bonds is 5. The summed E-state index contributed by atoms with van der Waals surface area (Å²) >= 11 is 0. The molecule has 138 valence electrons. The van der Waals surface area contributed by atoms with Crippen molar-refractivity contribution in [3.05, 3.63) is 89.5 Å². The Kier molecular flexibility index (Phi) is 4.89. The van der Waals surface area contributed by atoms with Gasteiger partial charge in [-0.05, 0) is 67.3 Å². The molecule has 0 aromatic heterocycles. The van der Waals surface area contributed by atoms with E-state index in [1.165, 1.54) is 42.4 Å². The SMILES string of the molecule is COc1ccc(Oc2ccc(C3(c4ccc(C)cc4)CCCC3)cc2)cc1. The van der Waals surface area contributed by atoms with E-state index in [0.717, 1.165) is 17.2 Å². The third-order valence-electron chi connectivity index (χ3n) is 5.76. The van der Waals surface area contributed by atoms with Crippen LogP contribution in [0.5, 0.6) is 17.2 Å². The number of hydrogen-bond donors (Lipinski definition) is 0. The number of aryl methyl sites for hydroxylation is 1. The molecule has 0 spiro atoms. The van der Waals surface area contributed by atoms with Gasteiger partial charge in [0.25, 0.3) is 0 Å². The summed E-state index contributed by atoms with van der Waals surface area (Å²) in [7, 11) is 1.67. The van der Waals surface area contributed by atoms with Crippen molar-refractivity contribution < 1.29 is 9.47 Å². The Morgan fingerprint density at radius 3 is 1.59 bits per heavy atom. The van der Waals surface area contributed by atoms with Gasteiger partial charge in [-0.1, -0.05) is 54.8 Å². The Labute approximate surface area is 161 Å². The second kappa shape index (κ2) is 7.48. The van der Waals surface area contributed by atoms with Gasteiger partial charge in [0.2, 0.25) is 0 Å². The van der Waals surface area contributed by atoms with Crippen molar-refractivity contribution in [3.63, 3.8) is 0 Å². The Hall–Kier alpha value is -2.74. The van der Waals surface area contributed by atoms with E-state index < -0.39 is 0 Å². The van der Waals surface area contributed by atoms with Crippen LogP contribution in [-0.2, 0) is 5.41 Å². The predicted octanol–water partition coefficient (Wildman–Crippen LogP) is 6.66. The molecule has 0 heterocycles. The largest absolute Gasteiger partial charge is 0.497 e. The van der Waals surface area contributed by atoms with E-state index >= 15 is 0 Å². The second-order valence-corrected chi connectivity index (χ2v) is 7.46. The first-order chi connectivity index (χ1) is 13.2. The van der Waals surface area contributed by atoms with Crippen LogP contribution in [0.1, 0.15) is 42.4 Å². The van der Waals surface area contributed by atoms with Crippen LogP contribution in [0.15, 0.2) is 72.8 Å². The molecule has 0 atom stereocenters. The number of methoxy groups -OCH3 is 1. The molecular weight excluding hydrogens is 332 g/mol. The summed E-state index contributed by atoms with van der Waals surface area (Å²) in [5, 5.41) is 0. The highest BCUT2D eigenvalue weighted by Crippen LogP contribution is 2.46. The summed E-state index contributed by atoms with van der Waals surface area (Å²) in [6.07, 6.45) is 5.01. The van der Waals surface area contributed by atoms with Gasteiger partial charge in [-0.15, -0.1) is 0 Å². The summed E-state index contributed by atoms with van der Waals surface area (Å²) in [6.45, 7) is 2.15. The average Bonchev–Trinajstić information content (AvgIpc) is 3.21. The van der Waals surface area contributed by atoms with Crippen LogP contribution in [0.3, 0.4) is 0 Å². The van der Waals surface area contributed by atoms with Gasteiger partial charge in [0.1, 0.15) is 17.2 Å². The van der Waals surface area contributed by atoms with Crippen LogP contribution in [0.2, 0.25) is 0 Å². The second-order valence-electron chi connectivity index (χ2n) is 7.46. The molecule has 27 heavy (non-hydrogen) atoms. The predicted molar refractivity (Wildman–Crippen MR) is 110 cm³/mol. The zero-order valence-electron chi connectivity index (χ0n) is 16.1. The Bertz CT molecular complexity index is 871. The van der Waals surface area contributed by atoms with Crippen LogP contribution in [0.4, 0.5) is 0 Å². The van der Waals surface area contributed by atoms with Crippen LogP contribution in [-0.4, -0.2) is 7.11 Å². The van der Waals surface area contributed by atoms with E-state index in [2.05, 4.69) is 55.5 Å². The quantitative estimate of drug-likeness (QED) is 0.508. The van der Waals surface area contributed by atoms with Gasteiger partial charge in [-0.2, -0.15) is 0 Å². The van der Waals surface area contributed by atoms with Crippen molar-refractivity contribution in [2.75, 3.05) is 7.11 Å². The molecule has 0 amide bonds. The molecule has 1 aliphatic rings. The topological polar surface area (TPSA) is 18.5 Å². The highest BCUT2D eigenvalue weighted by atomic mass is 16.5. The minimum absolute atomic E-state index is 0.145. The monoisotopic (exact) mass is 358 g/mol. The van der Waals surface area contributed by atoms with Crippen LogP contribution in [0, 0.1) is 6.92 Å². The molecule has 0 aliphatic heterocycles. The van der Waals surface area contributed by atoms with Gasteiger partial charge < -0.3 is 9.47 Å². The maximum atomic E-state index is 5.99. The zero-order valence-corrected chi connectivity index (χ0v) is 16.1. The van der Waals surface area contributed by atoms with Gasteiger partial charge in [0.15, 0.2) is 0 Å². The van der Waals surface area contributed by atoms with Crippen LogP contribution >= 0.6 is 0 Å². The molecule has 0 unspecified atom stereocenters. The minimum Gasteiger partial charge on any atom is -0.497 e. The van der Waals surface area contributed by atoms with Crippen LogP contribution in [0.25, 0.3) is 0 Å². The fourth-order valence-electron chi connectivity index (χ4n) is 4.22. The minimum atomic E-state index is 0.145. The van der Waals surface area contributed by atoms with Gasteiger partial charge in [-0.25, -0.2) is 0 Å². The summed E-state index contributed by atoms with van der Waals surface area (Å²) < 4.78 is 11.2. The van der Waals surface area contributed by atoms with Crippen molar-refractivity contribution in [3.8, 4) is 17.2 Å². The normalized spacial score (nSPS) is 15.5. The molecule has 3 aromatic rings. The molecule has 4 rings (SSSR count). The summed E-state index contributed by atoms with van der Waals surface area (Å²) in [5.74, 6) is 2.51. The average molecular weight is 358 g/mol. The van der Waals surface area contributed by atoms with E-state index in [0.29, 0.717) is 0 Å². The summed E-state index contributed by atoms with van der Waals surface area (Å²) in [5.41, 5.74) is 4.29. The standard InChI is InChI=1S/C25H26O2/c1-19-5-7-20(8-6-19)25(17-3-4-18-25)21-9-11-23(12-10-21)27-24-15-13-22(26-2)14-16-24/h5-16H,3-4,17-18H2,1-2H3. The van der Waals surface area contributed by atoms with Gasteiger partial charge >= 0.3 is 0 Å². The lowest BCUT2D eigenvalue weighted by molar-refractivity contribution is 0.413. The molecule has 3 aromatic carbocycles. The molecule has 1 fully saturated rings. The third-order valence-corrected chi connectivity index (χ3v) is 5.76. The smallest absolute Gasteiger partial charge is 0.127 e. The lowest BCUT2D eigenvalue weighted by Gasteiger charge is -2.31. The first-order valence-electron chi connectivity index (χ1n) is 9.69. The van der Waals surface area contributed by atoms with Gasteiger partial charge in [0.05, 0.1) is 7.11 Å². The Morgan fingerprint density at radius 2 is 1.07 bits per heavy atom. The van der Waals surface area contributed by atoms with Crippen molar-refractivity contribution in [2.24, 2.45) is 0 Å². The summed E-state index contributed by atoms with van der Waals surface area (Å²) in [6, 6.07) is 25.4. The Morgan fingerprint density at radius 1 is 0.630 bits per heavy atom. The molecule has 1 aliphatic carbocycles. The van der Waals surface area contributed by atoms with Crippen molar-refractivity contribution in [2.45, 2.75) is 38.0 Å². The van der Waals surface area contributed by atoms with Crippen molar-refractivity contribution in [1.82, 2.24) is 0 Å². The lowest BCUT2D eigenvalue weighted by atomic mass is 9.73. The van der Waals surface area contributed by atoms with E-state index in [1.54, 1.807) is 7.11 Å². The molecular formula is C25H26O2. The summed E-state index contributed by atoms with van der Waals surface area (Å²) in [4.78, 5) is 0. The first-order valence-corrected chi connectivity index (χ1v) is 9.69. The fourth-order valence-corrected chi connectivity index (χ4v) is 4.22. The van der Waals surface area contributed by atoms with E-state index in [9.17, 15) is 0 Å². The zero-order chi connectivity index (χ0) is 18.7.